The topological polar surface area (TPSA) is 0 Å². The third kappa shape index (κ3) is 2.85. The molecule has 0 saturated heterocycles. The molecule has 1 aromatic rings. The van der Waals surface area contributed by atoms with Crippen molar-refractivity contribution in [1.82, 2.24) is 0 Å². The Labute approximate surface area is 98.7 Å². The molecule has 16 heavy (non-hydrogen) atoms. The van der Waals surface area contributed by atoms with Crippen molar-refractivity contribution in [3.05, 3.63) is 59.2 Å². The zero-order chi connectivity index (χ0) is 11.2. The molecule has 0 aromatic heterocycles. The van der Waals surface area contributed by atoms with Crippen molar-refractivity contribution in [2.75, 3.05) is 0 Å². The summed E-state index contributed by atoms with van der Waals surface area (Å²) in [5, 5.41) is 0. The van der Waals surface area contributed by atoms with E-state index in [9.17, 15) is 0 Å². The second-order valence-electron chi connectivity index (χ2n) is 4.50. The molecule has 1 aliphatic rings. The van der Waals surface area contributed by atoms with Gasteiger partial charge < -0.3 is 0 Å². The first-order valence-electron chi connectivity index (χ1n) is 6.31. The number of allylic oxidation sites excluding steroid dienone is 4. The van der Waals surface area contributed by atoms with Gasteiger partial charge in [0.1, 0.15) is 0 Å². The smallest absolute Gasteiger partial charge is 0.00582 e. The van der Waals surface area contributed by atoms with E-state index in [1.807, 2.05) is 0 Å². The summed E-state index contributed by atoms with van der Waals surface area (Å²) in [5.41, 5.74) is 4.65. The van der Waals surface area contributed by atoms with Crippen molar-refractivity contribution in [1.29, 1.82) is 0 Å². The van der Waals surface area contributed by atoms with E-state index in [4.69, 9.17) is 0 Å². The zero-order valence-corrected chi connectivity index (χ0v) is 10.1. The van der Waals surface area contributed by atoms with Gasteiger partial charge in [0.2, 0.25) is 0 Å². The van der Waals surface area contributed by atoms with E-state index in [2.05, 4.69) is 49.4 Å². The summed E-state index contributed by atoms with van der Waals surface area (Å²) in [4.78, 5) is 0. The Morgan fingerprint density at radius 2 is 1.94 bits per heavy atom. The van der Waals surface area contributed by atoms with Crippen LogP contribution in [0.5, 0.6) is 0 Å². The molecule has 0 saturated carbocycles. The first kappa shape index (κ1) is 11.2. The summed E-state index contributed by atoms with van der Waals surface area (Å²) in [5.74, 6) is 0. The predicted molar refractivity (Wildman–Crippen MR) is 70.5 cm³/mol. The second kappa shape index (κ2) is 5.69. The van der Waals surface area contributed by atoms with Crippen LogP contribution in [0.25, 0.3) is 0 Å². The summed E-state index contributed by atoms with van der Waals surface area (Å²) in [7, 11) is 0. The molecule has 1 aromatic carbocycles. The van der Waals surface area contributed by atoms with E-state index in [-0.39, 0.29) is 0 Å². The fourth-order valence-electron chi connectivity index (χ4n) is 2.25. The van der Waals surface area contributed by atoms with Gasteiger partial charge in [-0.3, -0.25) is 0 Å². The summed E-state index contributed by atoms with van der Waals surface area (Å²) < 4.78 is 0. The van der Waals surface area contributed by atoms with Gasteiger partial charge in [-0.2, -0.15) is 0 Å². The lowest BCUT2D eigenvalue weighted by Crippen LogP contribution is -1.91. The van der Waals surface area contributed by atoms with Crippen molar-refractivity contribution < 1.29 is 0 Å². The molecule has 0 heteroatoms. The molecule has 84 valence electrons. The van der Waals surface area contributed by atoms with Crippen molar-refractivity contribution in [2.45, 2.75) is 39.0 Å². The van der Waals surface area contributed by atoms with Crippen LogP contribution in [0.2, 0.25) is 0 Å². The van der Waals surface area contributed by atoms with E-state index >= 15 is 0 Å². The number of benzene rings is 1. The van der Waals surface area contributed by atoms with Crippen LogP contribution in [0, 0.1) is 0 Å². The van der Waals surface area contributed by atoms with Gasteiger partial charge in [-0.25, -0.2) is 0 Å². The maximum Gasteiger partial charge on any atom is -0.00582 e. The highest BCUT2D eigenvalue weighted by Gasteiger charge is 2.09. The van der Waals surface area contributed by atoms with Crippen LogP contribution in [0.1, 0.15) is 38.2 Å². The fourth-order valence-corrected chi connectivity index (χ4v) is 2.25. The Bertz CT molecular complexity index is 382. The van der Waals surface area contributed by atoms with Crippen molar-refractivity contribution in [3.63, 3.8) is 0 Å². The molecular formula is C16H20. The van der Waals surface area contributed by atoms with Gasteiger partial charge >= 0.3 is 0 Å². The lowest BCUT2D eigenvalue weighted by atomic mass is 9.98. The number of rotatable bonds is 5. The predicted octanol–water partition coefficient (Wildman–Crippen LogP) is 4.68. The van der Waals surface area contributed by atoms with Crippen LogP contribution >= 0.6 is 0 Å². The minimum atomic E-state index is 1.13. The molecule has 0 heterocycles. The van der Waals surface area contributed by atoms with E-state index in [0.717, 1.165) is 12.8 Å². The Hall–Kier alpha value is -1.30. The third-order valence-corrected chi connectivity index (χ3v) is 3.20. The van der Waals surface area contributed by atoms with Gasteiger partial charge in [-0.05, 0) is 36.8 Å². The minimum Gasteiger partial charge on any atom is -0.0802 e. The van der Waals surface area contributed by atoms with Crippen molar-refractivity contribution in [3.8, 4) is 0 Å². The van der Waals surface area contributed by atoms with Gasteiger partial charge in [0.15, 0.2) is 0 Å². The monoisotopic (exact) mass is 212 g/mol. The van der Waals surface area contributed by atoms with E-state index < -0.39 is 0 Å². The van der Waals surface area contributed by atoms with Gasteiger partial charge in [0.25, 0.3) is 0 Å². The number of unbranched alkanes of at least 4 members (excludes halogenated alkanes) is 1. The standard InChI is InChI=1S/C16H20/c1-2-3-10-15-11-7-12-16(15)13-14-8-5-4-6-9-14/h4-9,11H,2-3,10,12-13H2,1H3. The summed E-state index contributed by atoms with van der Waals surface area (Å²) >= 11 is 0. The molecule has 0 atom stereocenters. The van der Waals surface area contributed by atoms with Gasteiger partial charge in [0, 0.05) is 0 Å². The average Bonchev–Trinajstić information content (AvgIpc) is 2.75. The molecule has 0 radical (unpaired) electrons. The van der Waals surface area contributed by atoms with Crippen LogP contribution in [0.15, 0.2) is 53.6 Å². The van der Waals surface area contributed by atoms with Crippen LogP contribution < -0.4 is 0 Å². The lowest BCUT2D eigenvalue weighted by Gasteiger charge is -2.07. The maximum absolute atomic E-state index is 2.33. The van der Waals surface area contributed by atoms with Crippen molar-refractivity contribution in [2.24, 2.45) is 0 Å². The molecule has 1 aliphatic carbocycles. The summed E-state index contributed by atoms with van der Waals surface area (Å²) in [6.07, 6.45) is 10.8. The molecule has 0 nitrogen and oxygen atoms in total. The second-order valence-corrected chi connectivity index (χ2v) is 4.50. The lowest BCUT2D eigenvalue weighted by molar-refractivity contribution is 0.790. The molecule has 0 spiro atoms. The SMILES string of the molecule is CCCCC1=C(Cc2ccccc2)CC=C1. The molecule has 0 unspecified atom stereocenters. The van der Waals surface area contributed by atoms with Crippen LogP contribution in [-0.2, 0) is 6.42 Å². The molecule has 2 rings (SSSR count). The molecule has 0 fully saturated rings. The van der Waals surface area contributed by atoms with E-state index in [1.165, 1.54) is 24.8 Å². The first-order valence-corrected chi connectivity index (χ1v) is 6.31. The summed E-state index contributed by atoms with van der Waals surface area (Å²) in [6, 6.07) is 10.8. The highest BCUT2D eigenvalue weighted by atomic mass is 14.1. The Morgan fingerprint density at radius 3 is 2.69 bits per heavy atom. The van der Waals surface area contributed by atoms with Gasteiger partial charge in [0.05, 0.1) is 0 Å². The van der Waals surface area contributed by atoms with E-state index in [0.29, 0.717) is 0 Å². The maximum atomic E-state index is 2.33. The molecule has 0 aliphatic heterocycles. The fraction of sp³-hybridized carbons (Fsp3) is 0.375. The van der Waals surface area contributed by atoms with Gasteiger partial charge in [-0.1, -0.05) is 61.4 Å². The number of hydrogen-bond donors (Lipinski definition) is 0. The highest BCUT2D eigenvalue weighted by Crippen LogP contribution is 2.26. The molecule has 0 N–H and O–H groups in total. The van der Waals surface area contributed by atoms with Crippen molar-refractivity contribution >= 4 is 0 Å². The third-order valence-electron chi connectivity index (χ3n) is 3.20. The average molecular weight is 212 g/mol. The van der Waals surface area contributed by atoms with Crippen LogP contribution in [0.3, 0.4) is 0 Å². The first-order chi connectivity index (χ1) is 7.90. The largest absolute Gasteiger partial charge is 0.0802 e. The Morgan fingerprint density at radius 1 is 1.12 bits per heavy atom. The minimum absolute atomic E-state index is 1.13. The number of hydrogen-bond acceptors (Lipinski definition) is 0. The van der Waals surface area contributed by atoms with Gasteiger partial charge in [-0.15, -0.1) is 0 Å². The van der Waals surface area contributed by atoms with Crippen LogP contribution in [-0.4, -0.2) is 0 Å². The Balaban J connectivity index is 2.03. The molecule has 0 amide bonds. The van der Waals surface area contributed by atoms with E-state index in [1.54, 1.807) is 11.1 Å². The Kier molecular flexibility index (Phi) is 3.98. The quantitative estimate of drug-likeness (QED) is 0.665. The highest BCUT2D eigenvalue weighted by molar-refractivity contribution is 5.37. The zero-order valence-electron chi connectivity index (χ0n) is 10.1. The summed E-state index contributed by atoms with van der Waals surface area (Å²) in [6.45, 7) is 2.26. The molecule has 0 bridgehead atoms. The normalized spacial score (nSPS) is 14.8. The van der Waals surface area contributed by atoms with Crippen LogP contribution in [0.4, 0.5) is 0 Å². The molecular weight excluding hydrogens is 192 g/mol.